The van der Waals surface area contributed by atoms with E-state index in [2.05, 4.69) is 4.98 Å². The van der Waals surface area contributed by atoms with Crippen LogP contribution < -0.4 is 0 Å². The Hall–Kier alpha value is -1.87. The van der Waals surface area contributed by atoms with E-state index in [9.17, 15) is 4.79 Å². The van der Waals surface area contributed by atoms with Gasteiger partial charge >= 0.3 is 5.37 Å². The Morgan fingerprint density at radius 2 is 1.84 bits per heavy atom. The van der Waals surface area contributed by atoms with E-state index in [1.807, 2.05) is 48.5 Å². The van der Waals surface area contributed by atoms with Crippen molar-refractivity contribution in [1.82, 2.24) is 9.88 Å². The van der Waals surface area contributed by atoms with Crippen molar-refractivity contribution in [2.45, 2.75) is 13.0 Å². The minimum atomic E-state index is -0.431. The molecule has 0 radical (unpaired) electrons. The summed E-state index contributed by atoms with van der Waals surface area (Å²) in [5.74, 6) is 0. The highest BCUT2D eigenvalue weighted by molar-refractivity contribution is 6.62. The normalized spacial score (nSPS) is 10.2. The van der Waals surface area contributed by atoms with Gasteiger partial charge in [0, 0.05) is 31.4 Å². The lowest BCUT2D eigenvalue weighted by Gasteiger charge is -2.19. The summed E-state index contributed by atoms with van der Waals surface area (Å²) in [4.78, 5) is 17.3. The minimum absolute atomic E-state index is 0.431. The van der Waals surface area contributed by atoms with Crippen LogP contribution in [0.25, 0.3) is 0 Å². The molecule has 0 aliphatic rings. The van der Waals surface area contributed by atoms with Crippen LogP contribution in [-0.4, -0.2) is 21.8 Å². The zero-order chi connectivity index (χ0) is 13.5. The van der Waals surface area contributed by atoms with E-state index in [4.69, 9.17) is 11.6 Å². The van der Waals surface area contributed by atoms with Crippen LogP contribution in [0.3, 0.4) is 0 Å². The Bertz CT molecular complexity index is 516. The SMILES string of the molecule is O=C(Cl)N(CCc1ccccn1)Cc1ccccc1. The molecule has 0 unspecified atom stereocenters. The van der Waals surface area contributed by atoms with Gasteiger partial charge < -0.3 is 4.90 Å². The Morgan fingerprint density at radius 1 is 1.11 bits per heavy atom. The molecule has 0 fully saturated rings. The molecule has 1 heterocycles. The lowest BCUT2D eigenvalue weighted by atomic mass is 10.2. The largest absolute Gasteiger partial charge is 0.325 e. The van der Waals surface area contributed by atoms with E-state index in [-0.39, 0.29) is 0 Å². The Labute approximate surface area is 117 Å². The second-order valence-corrected chi connectivity index (χ2v) is 4.55. The van der Waals surface area contributed by atoms with Crippen molar-refractivity contribution >= 4 is 17.0 Å². The molecule has 1 amide bonds. The fraction of sp³-hybridized carbons (Fsp3) is 0.200. The molecule has 4 heteroatoms. The molecule has 2 aromatic rings. The Balaban J connectivity index is 1.95. The van der Waals surface area contributed by atoms with Crippen LogP contribution in [-0.2, 0) is 13.0 Å². The summed E-state index contributed by atoms with van der Waals surface area (Å²) < 4.78 is 0. The number of nitrogens with zero attached hydrogens (tertiary/aromatic N) is 2. The summed E-state index contributed by atoms with van der Waals surface area (Å²) in [5, 5.41) is -0.431. The summed E-state index contributed by atoms with van der Waals surface area (Å²) in [7, 11) is 0. The predicted molar refractivity (Wildman–Crippen MR) is 76.0 cm³/mol. The molecular weight excluding hydrogens is 260 g/mol. The van der Waals surface area contributed by atoms with Crippen molar-refractivity contribution in [3.8, 4) is 0 Å². The third kappa shape index (κ3) is 4.38. The summed E-state index contributed by atoms with van der Waals surface area (Å²) in [6.45, 7) is 1.09. The van der Waals surface area contributed by atoms with Gasteiger partial charge in [0.15, 0.2) is 0 Å². The summed E-state index contributed by atoms with van der Waals surface area (Å²) in [6, 6.07) is 15.6. The molecule has 0 spiro atoms. The van der Waals surface area contributed by atoms with E-state index < -0.39 is 5.37 Å². The highest BCUT2D eigenvalue weighted by atomic mass is 35.5. The van der Waals surface area contributed by atoms with Crippen molar-refractivity contribution < 1.29 is 4.79 Å². The fourth-order valence-electron chi connectivity index (χ4n) is 1.83. The average molecular weight is 275 g/mol. The molecule has 3 nitrogen and oxygen atoms in total. The highest BCUT2D eigenvalue weighted by Gasteiger charge is 2.11. The maximum atomic E-state index is 11.4. The van der Waals surface area contributed by atoms with E-state index >= 15 is 0 Å². The van der Waals surface area contributed by atoms with Crippen LogP contribution in [0.4, 0.5) is 4.79 Å². The number of rotatable bonds is 5. The number of pyridine rings is 1. The molecule has 0 bridgehead atoms. The van der Waals surface area contributed by atoms with Gasteiger partial charge in [0.1, 0.15) is 0 Å². The van der Waals surface area contributed by atoms with Gasteiger partial charge in [-0.15, -0.1) is 0 Å². The number of hydrogen-bond donors (Lipinski definition) is 0. The molecule has 1 aromatic heterocycles. The van der Waals surface area contributed by atoms with Crippen LogP contribution in [0.2, 0.25) is 0 Å². The van der Waals surface area contributed by atoms with Crippen LogP contribution >= 0.6 is 11.6 Å². The van der Waals surface area contributed by atoms with E-state index in [0.717, 1.165) is 11.3 Å². The molecule has 0 saturated heterocycles. The maximum absolute atomic E-state index is 11.4. The van der Waals surface area contributed by atoms with Gasteiger partial charge in [0.2, 0.25) is 0 Å². The fourth-order valence-corrected chi connectivity index (χ4v) is 1.97. The minimum Gasteiger partial charge on any atom is -0.325 e. The van der Waals surface area contributed by atoms with Gasteiger partial charge in [-0.2, -0.15) is 0 Å². The summed E-state index contributed by atoms with van der Waals surface area (Å²) in [6.07, 6.45) is 2.45. The molecule has 0 aliphatic carbocycles. The predicted octanol–water partition coefficient (Wildman–Crippen LogP) is 3.49. The van der Waals surface area contributed by atoms with Crippen LogP contribution in [0, 0.1) is 0 Å². The van der Waals surface area contributed by atoms with E-state index in [0.29, 0.717) is 19.5 Å². The number of hydrogen-bond acceptors (Lipinski definition) is 2. The monoisotopic (exact) mass is 274 g/mol. The van der Waals surface area contributed by atoms with Crippen LogP contribution in [0.15, 0.2) is 54.7 Å². The molecule has 0 saturated carbocycles. The molecule has 19 heavy (non-hydrogen) atoms. The zero-order valence-corrected chi connectivity index (χ0v) is 11.3. The van der Waals surface area contributed by atoms with Crippen molar-refractivity contribution in [3.63, 3.8) is 0 Å². The maximum Gasteiger partial charge on any atom is 0.316 e. The van der Waals surface area contributed by atoms with E-state index in [1.54, 1.807) is 11.1 Å². The number of carbonyl (C=O) groups is 1. The smallest absolute Gasteiger partial charge is 0.316 e. The van der Waals surface area contributed by atoms with Crippen molar-refractivity contribution in [1.29, 1.82) is 0 Å². The third-order valence-corrected chi connectivity index (χ3v) is 3.07. The molecular formula is C15H15ClN2O. The van der Waals surface area contributed by atoms with Gasteiger partial charge in [0.05, 0.1) is 0 Å². The molecule has 0 N–H and O–H groups in total. The second kappa shape index (κ2) is 6.90. The summed E-state index contributed by atoms with van der Waals surface area (Å²) >= 11 is 5.63. The first-order chi connectivity index (χ1) is 9.25. The molecule has 2 rings (SSSR count). The lowest BCUT2D eigenvalue weighted by molar-refractivity contribution is 0.220. The molecule has 1 aromatic carbocycles. The van der Waals surface area contributed by atoms with Gasteiger partial charge in [0.25, 0.3) is 0 Å². The first-order valence-corrected chi connectivity index (χ1v) is 6.52. The molecule has 0 atom stereocenters. The van der Waals surface area contributed by atoms with Crippen molar-refractivity contribution in [2.75, 3.05) is 6.54 Å². The Morgan fingerprint density at radius 3 is 2.47 bits per heavy atom. The highest BCUT2D eigenvalue weighted by Crippen LogP contribution is 2.08. The quantitative estimate of drug-likeness (QED) is 0.618. The lowest BCUT2D eigenvalue weighted by Crippen LogP contribution is -2.28. The van der Waals surface area contributed by atoms with Gasteiger partial charge in [-0.3, -0.25) is 9.78 Å². The average Bonchev–Trinajstić information content (AvgIpc) is 2.45. The van der Waals surface area contributed by atoms with Gasteiger partial charge in [-0.05, 0) is 29.3 Å². The van der Waals surface area contributed by atoms with Gasteiger partial charge in [-0.25, -0.2) is 0 Å². The number of amides is 1. The number of benzene rings is 1. The zero-order valence-electron chi connectivity index (χ0n) is 10.5. The van der Waals surface area contributed by atoms with Crippen LogP contribution in [0.1, 0.15) is 11.3 Å². The summed E-state index contributed by atoms with van der Waals surface area (Å²) in [5.41, 5.74) is 2.02. The Kier molecular flexibility index (Phi) is 4.93. The van der Waals surface area contributed by atoms with Crippen LogP contribution in [0.5, 0.6) is 0 Å². The van der Waals surface area contributed by atoms with Gasteiger partial charge in [-0.1, -0.05) is 36.4 Å². The number of halogens is 1. The first-order valence-electron chi connectivity index (χ1n) is 6.14. The number of aromatic nitrogens is 1. The molecule has 98 valence electrons. The standard InChI is InChI=1S/C15H15ClN2O/c16-15(19)18(12-13-6-2-1-3-7-13)11-9-14-8-4-5-10-17-14/h1-8,10H,9,11-12H2. The number of carbonyl (C=O) groups excluding carboxylic acids is 1. The first kappa shape index (κ1) is 13.6. The van der Waals surface area contributed by atoms with E-state index in [1.165, 1.54) is 0 Å². The van der Waals surface area contributed by atoms with Crippen molar-refractivity contribution in [2.24, 2.45) is 0 Å². The second-order valence-electron chi connectivity index (χ2n) is 4.23. The molecule has 0 aliphatic heterocycles. The van der Waals surface area contributed by atoms with Crippen molar-refractivity contribution in [3.05, 3.63) is 66.0 Å². The topological polar surface area (TPSA) is 33.2 Å². The third-order valence-electron chi connectivity index (χ3n) is 2.83.